The Bertz CT molecular complexity index is 955. The molecule has 3 aromatic rings. The topological polar surface area (TPSA) is 40.5 Å². The summed E-state index contributed by atoms with van der Waals surface area (Å²) in [6, 6.07) is 17.9. The zero-order valence-electron chi connectivity index (χ0n) is 15.8. The minimum atomic E-state index is 0.291. The number of phenolic OH excluding ortho intramolecular Hbond substituents is 2. The van der Waals surface area contributed by atoms with E-state index in [2.05, 4.69) is 31.2 Å². The molecule has 0 heterocycles. The van der Waals surface area contributed by atoms with Crippen LogP contribution in [0.25, 0.3) is 22.3 Å². The standard InChI is InChI=1S/C25H26O2/c1-2-3-4-5-6-17-7-9-18(10-8-17)25-23-16-19-15-20(26)11-12-21(19)22(23)13-14-24(25)27/h7-15,26-27H,2-6,16H2,1H3. The highest BCUT2D eigenvalue weighted by atomic mass is 16.3. The van der Waals surface area contributed by atoms with Crippen molar-refractivity contribution in [2.24, 2.45) is 0 Å². The molecule has 0 fully saturated rings. The Kier molecular flexibility index (Phi) is 4.89. The van der Waals surface area contributed by atoms with Gasteiger partial charge in [0.25, 0.3) is 0 Å². The second kappa shape index (κ2) is 7.48. The van der Waals surface area contributed by atoms with Crippen molar-refractivity contribution in [1.29, 1.82) is 0 Å². The Morgan fingerprint density at radius 1 is 0.815 bits per heavy atom. The molecule has 0 amide bonds. The van der Waals surface area contributed by atoms with Gasteiger partial charge in [-0.3, -0.25) is 0 Å². The Morgan fingerprint density at radius 3 is 2.37 bits per heavy atom. The maximum Gasteiger partial charge on any atom is 0.123 e. The van der Waals surface area contributed by atoms with Crippen LogP contribution in [0.3, 0.4) is 0 Å². The molecule has 0 radical (unpaired) electrons. The molecule has 0 aromatic heterocycles. The molecule has 3 aromatic carbocycles. The van der Waals surface area contributed by atoms with Crippen LogP contribution in [0.15, 0.2) is 54.6 Å². The molecular formula is C25H26O2. The highest BCUT2D eigenvalue weighted by molar-refractivity contribution is 5.87. The number of hydrogen-bond donors (Lipinski definition) is 2. The summed E-state index contributed by atoms with van der Waals surface area (Å²) in [5.74, 6) is 0.612. The van der Waals surface area contributed by atoms with Crippen molar-refractivity contribution in [2.45, 2.75) is 45.4 Å². The second-order valence-corrected chi connectivity index (χ2v) is 7.51. The average Bonchev–Trinajstić information content (AvgIpc) is 3.03. The number of fused-ring (bicyclic) bond motifs is 3. The minimum absolute atomic E-state index is 0.291. The lowest BCUT2D eigenvalue weighted by molar-refractivity contribution is 0.475. The maximum atomic E-state index is 10.6. The summed E-state index contributed by atoms with van der Waals surface area (Å²) in [7, 11) is 0. The molecule has 0 atom stereocenters. The van der Waals surface area contributed by atoms with Crippen molar-refractivity contribution in [1.82, 2.24) is 0 Å². The van der Waals surface area contributed by atoms with Crippen LogP contribution in [-0.4, -0.2) is 10.2 Å². The van der Waals surface area contributed by atoms with Gasteiger partial charge in [0.05, 0.1) is 0 Å². The molecule has 138 valence electrons. The lowest BCUT2D eigenvalue weighted by atomic mass is 9.93. The summed E-state index contributed by atoms with van der Waals surface area (Å²) >= 11 is 0. The summed E-state index contributed by atoms with van der Waals surface area (Å²) in [5, 5.41) is 20.4. The molecule has 2 nitrogen and oxygen atoms in total. The third-order valence-corrected chi connectivity index (χ3v) is 5.60. The van der Waals surface area contributed by atoms with Gasteiger partial charge in [0.15, 0.2) is 0 Å². The van der Waals surface area contributed by atoms with Gasteiger partial charge >= 0.3 is 0 Å². The molecule has 27 heavy (non-hydrogen) atoms. The number of unbranched alkanes of at least 4 members (excludes halogenated alkanes) is 3. The van der Waals surface area contributed by atoms with Crippen LogP contribution in [0, 0.1) is 0 Å². The molecule has 0 saturated heterocycles. The predicted octanol–water partition coefficient (Wildman–Crippen LogP) is 6.46. The van der Waals surface area contributed by atoms with E-state index in [1.54, 1.807) is 12.1 Å². The third-order valence-electron chi connectivity index (χ3n) is 5.60. The van der Waals surface area contributed by atoms with E-state index < -0.39 is 0 Å². The Hall–Kier alpha value is -2.74. The van der Waals surface area contributed by atoms with Gasteiger partial charge in [0.2, 0.25) is 0 Å². The lowest BCUT2D eigenvalue weighted by Gasteiger charge is -2.12. The normalized spacial score (nSPS) is 12.0. The smallest absolute Gasteiger partial charge is 0.123 e. The van der Waals surface area contributed by atoms with Gasteiger partial charge in [-0.25, -0.2) is 0 Å². The quantitative estimate of drug-likeness (QED) is 0.388. The van der Waals surface area contributed by atoms with Crippen molar-refractivity contribution in [2.75, 3.05) is 0 Å². The SMILES string of the molecule is CCCCCCc1ccc(-c2c(O)ccc3c2Cc2cc(O)ccc2-3)cc1. The first-order chi connectivity index (χ1) is 13.2. The molecule has 0 unspecified atom stereocenters. The van der Waals surface area contributed by atoms with Crippen molar-refractivity contribution < 1.29 is 10.2 Å². The molecule has 2 N–H and O–H groups in total. The highest BCUT2D eigenvalue weighted by Crippen LogP contribution is 2.46. The van der Waals surface area contributed by atoms with Crippen LogP contribution < -0.4 is 0 Å². The van der Waals surface area contributed by atoms with E-state index in [-0.39, 0.29) is 0 Å². The number of hydrogen-bond acceptors (Lipinski definition) is 2. The van der Waals surface area contributed by atoms with Crippen molar-refractivity contribution in [3.8, 4) is 33.8 Å². The van der Waals surface area contributed by atoms with Crippen molar-refractivity contribution in [3.63, 3.8) is 0 Å². The maximum absolute atomic E-state index is 10.6. The van der Waals surface area contributed by atoms with Crippen LogP contribution in [0.4, 0.5) is 0 Å². The van der Waals surface area contributed by atoms with E-state index in [0.717, 1.165) is 46.2 Å². The number of aromatic hydroxyl groups is 2. The number of benzene rings is 3. The number of aryl methyl sites for hydroxylation is 1. The zero-order chi connectivity index (χ0) is 18.8. The molecule has 2 heteroatoms. The fourth-order valence-electron chi connectivity index (χ4n) is 4.17. The first-order valence-electron chi connectivity index (χ1n) is 9.94. The van der Waals surface area contributed by atoms with Gasteiger partial charge in [0.1, 0.15) is 11.5 Å². The largest absolute Gasteiger partial charge is 0.508 e. The predicted molar refractivity (Wildman–Crippen MR) is 111 cm³/mol. The van der Waals surface area contributed by atoms with Gasteiger partial charge in [-0.2, -0.15) is 0 Å². The number of rotatable bonds is 6. The summed E-state index contributed by atoms with van der Waals surface area (Å²) in [6.07, 6.45) is 6.94. The van der Waals surface area contributed by atoms with E-state index >= 15 is 0 Å². The highest BCUT2D eigenvalue weighted by Gasteiger charge is 2.24. The summed E-state index contributed by atoms with van der Waals surface area (Å²) < 4.78 is 0. The monoisotopic (exact) mass is 358 g/mol. The summed E-state index contributed by atoms with van der Waals surface area (Å²) in [5.41, 5.74) is 7.89. The second-order valence-electron chi connectivity index (χ2n) is 7.51. The molecule has 1 aliphatic rings. The van der Waals surface area contributed by atoms with Gasteiger partial charge < -0.3 is 10.2 Å². The number of phenols is 2. The van der Waals surface area contributed by atoms with E-state index in [0.29, 0.717) is 11.5 Å². The molecule has 1 aliphatic carbocycles. The van der Waals surface area contributed by atoms with Crippen LogP contribution in [0.2, 0.25) is 0 Å². The third kappa shape index (κ3) is 3.44. The summed E-state index contributed by atoms with van der Waals surface area (Å²) in [4.78, 5) is 0. The van der Waals surface area contributed by atoms with Gasteiger partial charge in [0, 0.05) is 5.56 Å². The molecule has 0 saturated carbocycles. The Labute approximate surface area is 161 Å². The Balaban J connectivity index is 1.64. The first kappa shape index (κ1) is 17.7. The van der Waals surface area contributed by atoms with Gasteiger partial charge in [-0.05, 0) is 70.8 Å². The molecule has 0 spiro atoms. The van der Waals surface area contributed by atoms with E-state index in [9.17, 15) is 10.2 Å². The Morgan fingerprint density at radius 2 is 1.59 bits per heavy atom. The van der Waals surface area contributed by atoms with E-state index in [4.69, 9.17) is 0 Å². The zero-order valence-corrected chi connectivity index (χ0v) is 15.8. The van der Waals surface area contributed by atoms with E-state index in [1.807, 2.05) is 18.2 Å². The van der Waals surface area contributed by atoms with E-state index in [1.165, 1.54) is 31.2 Å². The average molecular weight is 358 g/mol. The molecule has 0 bridgehead atoms. The summed E-state index contributed by atoms with van der Waals surface area (Å²) in [6.45, 7) is 2.24. The van der Waals surface area contributed by atoms with Crippen LogP contribution in [0.1, 0.15) is 49.3 Å². The van der Waals surface area contributed by atoms with Crippen molar-refractivity contribution in [3.05, 3.63) is 71.3 Å². The lowest BCUT2D eigenvalue weighted by Crippen LogP contribution is -1.91. The van der Waals surface area contributed by atoms with Crippen molar-refractivity contribution >= 4 is 0 Å². The fourth-order valence-corrected chi connectivity index (χ4v) is 4.17. The van der Waals surface area contributed by atoms with Crippen LogP contribution in [0.5, 0.6) is 11.5 Å². The van der Waals surface area contributed by atoms with Crippen LogP contribution >= 0.6 is 0 Å². The van der Waals surface area contributed by atoms with Gasteiger partial charge in [-0.1, -0.05) is 62.6 Å². The molecule has 0 aliphatic heterocycles. The fraction of sp³-hybridized carbons (Fsp3) is 0.280. The first-order valence-corrected chi connectivity index (χ1v) is 9.94. The van der Waals surface area contributed by atoms with Gasteiger partial charge in [-0.15, -0.1) is 0 Å². The molecule has 4 rings (SSSR count). The molecular weight excluding hydrogens is 332 g/mol. The van der Waals surface area contributed by atoms with Crippen LogP contribution in [-0.2, 0) is 12.8 Å². The minimum Gasteiger partial charge on any atom is -0.508 e.